The highest BCUT2D eigenvalue weighted by atomic mass is 16.1. The molecule has 0 aromatic carbocycles. The molecule has 0 fully saturated rings. The minimum absolute atomic E-state index is 0.644. The smallest absolute Gasteiger partial charge is 0.207 e. The van der Waals surface area contributed by atoms with Crippen LogP contribution in [0.15, 0.2) is 0 Å². The predicted molar refractivity (Wildman–Crippen MR) is 47.3 cm³/mol. The van der Waals surface area contributed by atoms with E-state index in [1.54, 1.807) is 0 Å². The first-order valence-electron chi connectivity index (χ1n) is 4.43. The van der Waals surface area contributed by atoms with Crippen molar-refractivity contribution in [3.8, 4) is 0 Å². The number of rotatable bonds is 6. The third kappa shape index (κ3) is 4.02. The van der Waals surface area contributed by atoms with Gasteiger partial charge >= 0.3 is 0 Å². The quantitative estimate of drug-likeness (QED) is 0.585. The Labute approximate surface area is 69.4 Å². The summed E-state index contributed by atoms with van der Waals surface area (Å²) in [4.78, 5) is 10.0. The fourth-order valence-corrected chi connectivity index (χ4v) is 1.28. The average Bonchev–Trinajstić information content (AvgIpc) is 2.05. The summed E-state index contributed by atoms with van der Waals surface area (Å²) in [7, 11) is 0. The van der Waals surface area contributed by atoms with Gasteiger partial charge in [-0.2, -0.15) is 0 Å². The van der Waals surface area contributed by atoms with Crippen LogP contribution in [0.2, 0.25) is 0 Å². The van der Waals surface area contributed by atoms with Gasteiger partial charge in [-0.05, 0) is 11.8 Å². The van der Waals surface area contributed by atoms with Crippen molar-refractivity contribution < 1.29 is 4.79 Å². The van der Waals surface area contributed by atoms with E-state index in [0.29, 0.717) is 11.8 Å². The summed E-state index contributed by atoms with van der Waals surface area (Å²) >= 11 is 0. The molecule has 0 aromatic heterocycles. The zero-order valence-corrected chi connectivity index (χ0v) is 7.76. The molecule has 0 aliphatic heterocycles. The Kier molecular flexibility index (Phi) is 5.90. The molecule has 0 bridgehead atoms. The van der Waals surface area contributed by atoms with Gasteiger partial charge in [0.2, 0.25) is 6.41 Å². The van der Waals surface area contributed by atoms with Crippen molar-refractivity contribution in [1.82, 2.24) is 5.32 Å². The van der Waals surface area contributed by atoms with Crippen LogP contribution < -0.4 is 5.32 Å². The topological polar surface area (TPSA) is 29.1 Å². The zero-order valence-electron chi connectivity index (χ0n) is 7.76. The molecule has 11 heavy (non-hydrogen) atoms. The molecule has 1 amide bonds. The Morgan fingerprint density at radius 2 is 2.00 bits per heavy atom. The summed E-state index contributed by atoms with van der Waals surface area (Å²) in [6.07, 6.45) is 3.12. The van der Waals surface area contributed by atoms with Gasteiger partial charge in [0.25, 0.3) is 0 Å². The summed E-state index contributed by atoms with van der Waals surface area (Å²) in [6.45, 7) is 7.42. The third-order valence-electron chi connectivity index (χ3n) is 2.44. The molecule has 2 nitrogen and oxygen atoms in total. The average molecular weight is 157 g/mol. The standard InChI is InChI=1S/C9H19NO/c1-4-8(3)9(5-2)6-10-7-11/h7-9H,4-6H2,1-3H3,(H,10,11). The summed E-state index contributed by atoms with van der Waals surface area (Å²) in [5.74, 6) is 1.36. The maximum Gasteiger partial charge on any atom is 0.207 e. The van der Waals surface area contributed by atoms with E-state index in [2.05, 4.69) is 26.1 Å². The molecule has 66 valence electrons. The van der Waals surface area contributed by atoms with Gasteiger partial charge in [-0.15, -0.1) is 0 Å². The Bertz CT molecular complexity index is 104. The van der Waals surface area contributed by atoms with E-state index in [0.717, 1.165) is 19.4 Å². The predicted octanol–water partition coefficient (Wildman–Crippen LogP) is 1.80. The summed E-state index contributed by atoms with van der Waals surface area (Å²) in [5.41, 5.74) is 0. The van der Waals surface area contributed by atoms with Crippen LogP contribution in [0.25, 0.3) is 0 Å². The molecule has 2 atom stereocenters. The van der Waals surface area contributed by atoms with Crippen molar-refractivity contribution in [3.63, 3.8) is 0 Å². The Hall–Kier alpha value is -0.530. The second-order valence-electron chi connectivity index (χ2n) is 3.08. The molecule has 0 aliphatic carbocycles. The number of nitrogens with one attached hydrogen (secondary N) is 1. The van der Waals surface area contributed by atoms with Crippen LogP contribution in [-0.4, -0.2) is 13.0 Å². The number of hydrogen-bond donors (Lipinski definition) is 1. The molecule has 2 unspecified atom stereocenters. The van der Waals surface area contributed by atoms with Crippen LogP contribution in [0.3, 0.4) is 0 Å². The lowest BCUT2D eigenvalue weighted by Gasteiger charge is -2.20. The lowest BCUT2D eigenvalue weighted by molar-refractivity contribution is -0.109. The number of carbonyl (C=O) groups is 1. The highest BCUT2D eigenvalue weighted by molar-refractivity contribution is 5.45. The van der Waals surface area contributed by atoms with Crippen molar-refractivity contribution in [2.75, 3.05) is 6.54 Å². The molecule has 0 saturated carbocycles. The number of amides is 1. The molecular weight excluding hydrogens is 138 g/mol. The van der Waals surface area contributed by atoms with E-state index in [4.69, 9.17) is 0 Å². The van der Waals surface area contributed by atoms with Crippen LogP contribution in [0, 0.1) is 11.8 Å². The van der Waals surface area contributed by atoms with Crippen LogP contribution >= 0.6 is 0 Å². The van der Waals surface area contributed by atoms with Gasteiger partial charge in [-0.3, -0.25) is 4.79 Å². The first-order chi connectivity index (χ1) is 5.26. The van der Waals surface area contributed by atoms with Crippen molar-refractivity contribution in [3.05, 3.63) is 0 Å². The molecule has 2 heteroatoms. The monoisotopic (exact) mass is 157 g/mol. The highest BCUT2D eigenvalue weighted by Crippen LogP contribution is 2.17. The van der Waals surface area contributed by atoms with Gasteiger partial charge in [-0.1, -0.05) is 33.6 Å². The maximum atomic E-state index is 10.0. The summed E-state index contributed by atoms with van der Waals surface area (Å²) in [5, 5.41) is 2.73. The molecule has 0 rings (SSSR count). The molecule has 0 saturated heterocycles. The van der Waals surface area contributed by atoms with Crippen LogP contribution in [-0.2, 0) is 4.79 Å². The van der Waals surface area contributed by atoms with Crippen molar-refractivity contribution in [2.45, 2.75) is 33.6 Å². The Morgan fingerprint density at radius 3 is 2.36 bits per heavy atom. The number of carbonyl (C=O) groups excluding carboxylic acids is 1. The molecule has 0 radical (unpaired) electrons. The fraction of sp³-hybridized carbons (Fsp3) is 0.889. The number of hydrogen-bond acceptors (Lipinski definition) is 1. The van der Waals surface area contributed by atoms with E-state index >= 15 is 0 Å². The van der Waals surface area contributed by atoms with Crippen LogP contribution in [0.4, 0.5) is 0 Å². The molecule has 0 aliphatic rings. The second kappa shape index (κ2) is 6.20. The summed E-state index contributed by atoms with van der Waals surface area (Å²) < 4.78 is 0. The van der Waals surface area contributed by atoms with E-state index in [1.165, 1.54) is 6.42 Å². The third-order valence-corrected chi connectivity index (χ3v) is 2.44. The van der Waals surface area contributed by atoms with E-state index in [9.17, 15) is 4.79 Å². The van der Waals surface area contributed by atoms with Crippen molar-refractivity contribution in [1.29, 1.82) is 0 Å². The van der Waals surface area contributed by atoms with Gasteiger partial charge in [0, 0.05) is 6.54 Å². The maximum absolute atomic E-state index is 10.0. The molecule has 0 heterocycles. The van der Waals surface area contributed by atoms with Gasteiger partial charge in [0.05, 0.1) is 0 Å². The lowest BCUT2D eigenvalue weighted by Crippen LogP contribution is -2.25. The lowest BCUT2D eigenvalue weighted by atomic mass is 9.90. The van der Waals surface area contributed by atoms with Gasteiger partial charge < -0.3 is 5.32 Å². The van der Waals surface area contributed by atoms with Gasteiger partial charge in [0.1, 0.15) is 0 Å². The minimum Gasteiger partial charge on any atom is -0.358 e. The Balaban J connectivity index is 3.64. The van der Waals surface area contributed by atoms with E-state index < -0.39 is 0 Å². The van der Waals surface area contributed by atoms with Crippen LogP contribution in [0.1, 0.15) is 33.6 Å². The largest absolute Gasteiger partial charge is 0.358 e. The molecule has 0 aromatic rings. The SMILES string of the molecule is CCC(C)C(CC)CNC=O. The first kappa shape index (κ1) is 10.5. The molecule has 1 N–H and O–H groups in total. The Morgan fingerprint density at radius 1 is 1.36 bits per heavy atom. The minimum atomic E-state index is 0.644. The van der Waals surface area contributed by atoms with E-state index in [1.807, 2.05) is 0 Å². The van der Waals surface area contributed by atoms with Gasteiger partial charge in [0.15, 0.2) is 0 Å². The highest BCUT2D eigenvalue weighted by Gasteiger charge is 2.12. The van der Waals surface area contributed by atoms with Crippen LogP contribution in [0.5, 0.6) is 0 Å². The summed E-state index contributed by atoms with van der Waals surface area (Å²) in [6, 6.07) is 0. The molecular formula is C9H19NO. The van der Waals surface area contributed by atoms with Crippen molar-refractivity contribution >= 4 is 6.41 Å². The molecule has 0 spiro atoms. The zero-order chi connectivity index (χ0) is 8.69. The fourth-order valence-electron chi connectivity index (χ4n) is 1.28. The van der Waals surface area contributed by atoms with Gasteiger partial charge in [-0.25, -0.2) is 0 Å². The van der Waals surface area contributed by atoms with Crippen molar-refractivity contribution in [2.24, 2.45) is 11.8 Å². The second-order valence-corrected chi connectivity index (χ2v) is 3.08. The normalized spacial score (nSPS) is 15.5. The first-order valence-corrected chi connectivity index (χ1v) is 4.43. The van der Waals surface area contributed by atoms with E-state index in [-0.39, 0.29) is 0 Å².